The van der Waals surface area contributed by atoms with Gasteiger partial charge in [-0.15, -0.1) is 0 Å². The molecular weight excluding hydrogens is 561 g/mol. The molecule has 0 saturated carbocycles. The largest absolute Gasteiger partial charge is 0.390 e. The van der Waals surface area contributed by atoms with Crippen LogP contribution in [-0.2, 0) is 24.2 Å². The van der Waals surface area contributed by atoms with Crippen molar-refractivity contribution in [3.05, 3.63) is 104 Å². The number of halogens is 3. The summed E-state index contributed by atoms with van der Waals surface area (Å²) < 4.78 is 28.6. The van der Waals surface area contributed by atoms with Gasteiger partial charge in [-0.05, 0) is 81.4 Å². The van der Waals surface area contributed by atoms with E-state index in [2.05, 4.69) is 47.1 Å². The Morgan fingerprint density at radius 3 is 2.26 bits per heavy atom. The van der Waals surface area contributed by atoms with Gasteiger partial charge in [0.15, 0.2) is 0 Å². The molecule has 0 saturated heterocycles. The lowest BCUT2D eigenvalue weighted by Crippen LogP contribution is -2.49. The number of hydrogen-bond acceptors (Lipinski definition) is 3. The van der Waals surface area contributed by atoms with Crippen molar-refractivity contribution >= 4 is 28.5 Å². The van der Waals surface area contributed by atoms with Gasteiger partial charge in [0.2, 0.25) is 5.91 Å². The molecule has 2 unspecified atom stereocenters. The van der Waals surface area contributed by atoms with Crippen molar-refractivity contribution in [2.24, 2.45) is 0 Å². The van der Waals surface area contributed by atoms with Crippen LogP contribution in [0.2, 0.25) is 0 Å². The van der Waals surface area contributed by atoms with Crippen molar-refractivity contribution in [1.82, 2.24) is 10.6 Å². The molecule has 0 fully saturated rings. The maximum Gasteiger partial charge on any atom is 0.224 e. The Bertz CT molecular complexity index is 1100. The smallest absolute Gasteiger partial charge is 0.224 e. The first-order valence-corrected chi connectivity index (χ1v) is 12.7. The topological polar surface area (TPSA) is 61.4 Å². The Labute approximate surface area is 219 Å². The number of carbonyl (C=O) groups is 1. The van der Waals surface area contributed by atoms with E-state index in [1.807, 2.05) is 48.5 Å². The zero-order valence-electron chi connectivity index (χ0n) is 19.9. The first-order valence-electron chi connectivity index (χ1n) is 11.7. The first kappa shape index (κ1) is 27.2. The molecule has 7 heteroatoms. The first-order chi connectivity index (χ1) is 16.7. The summed E-state index contributed by atoms with van der Waals surface area (Å²) in [7, 11) is 0. The van der Waals surface area contributed by atoms with Crippen LogP contribution in [0.15, 0.2) is 66.7 Å². The van der Waals surface area contributed by atoms with Gasteiger partial charge >= 0.3 is 0 Å². The van der Waals surface area contributed by atoms with E-state index in [1.165, 1.54) is 17.7 Å². The van der Waals surface area contributed by atoms with E-state index >= 15 is 0 Å². The predicted octanol–water partition coefficient (Wildman–Crippen LogP) is 5.11. The summed E-state index contributed by atoms with van der Waals surface area (Å²) in [6, 6.07) is 18.4. The van der Waals surface area contributed by atoms with Crippen LogP contribution >= 0.6 is 22.6 Å². The van der Waals surface area contributed by atoms with Gasteiger partial charge in [0, 0.05) is 22.7 Å². The number of aliphatic hydroxyl groups excluding tert-OH is 1. The summed E-state index contributed by atoms with van der Waals surface area (Å²) >= 11 is 2.24. The molecule has 0 spiro atoms. The molecule has 0 heterocycles. The highest BCUT2D eigenvalue weighted by atomic mass is 127. The summed E-state index contributed by atoms with van der Waals surface area (Å²) in [6.07, 6.45) is -0.718. The number of nitrogens with one attached hydrogen (secondary N) is 2. The average molecular weight is 592 g/mol. The average Bonchev–Trinajstić information content (AvgIpc) is 2.78. The Kier molecular flexibility index (Phi) is 10.2. The number of hydrogen-bond donors (Lipinski definition) is 3. The molecule has 186 valence electrons. The van der Waals surface area contributed by atoms with Gasteiger partial charge in [-0.3, -0.25) is 4.79 Å². The lowest BCUT2D eigenvalue weighted by Gasteiger charge is -2.25. The maximum atomic E-state index is 13.7. The second kappa shape index (κ2) is 13.1. The molecule has 3 aromatic carbocycles. The van der Waals surface area contributed by atoms with Crippen molar-refractivity contribution in [1.29, 1.82) is 0 Å². The van der Waals surface area contributed by atoms with Crippen LogP contribution < -0.4 is 10.6 Å². The van der Waals surface area contributed by atoms with Crippen molar-refractivity contribution in [2.45, 2.75) is 51.3 Å². The van der Waals surface area contributed by atoms with E-state index in [0.29, 0.717) is 18.0 Å². The Morgan fingerprint density at radius 2 is 1.63 bits per heavy atom. The van der Waals surface area contributed by atoms with Crippen LogP contribution in [0, 0.1) is 15.2 Å². The maximum absolute atomic E-state index is 13.7. The van der Waals surface area contributed by atoms with E-state index in [1.54, 1.807) is 0 Å². The van der Waals surface area contributed by atoms with E-state index in [9.17, 15) is 18.7 Å². The highest BCUT2D eigenvalue weighted by molar-refractivity contribution is 14.1. The third-order valence-corrected chi connectivity index (χ3v) is 6.44. The summed E-state index contributed by atoms with van der Waals surface area (Å²) in [5.74, 6) is -1.25. The monoisotopic (exact) mass is 592 g/mol. The SMILES string of the molecule is CC(C)c1ccc(CC(=O)NC(Cc2cc(F)cc(F)c2)C(O)CNCc2cccc(I)c2)cc1. The van der Waals surface area contributed by atoms with Crippen LogP contribution in [0.25, 0.3) is 0 Å². The third kappa shape index (κ3) is 8.98. The molecule has 3 N–H and O–H groups in total. The molecule has 35 heavy (non-hydrogen) atoms. The number of benzene rings is 3. The Hall–Kier alpha value is -2.36. The molecule has 1 amide bonds. The number of rotatable bonds is 11. The molecule has 3 aromatic rings. The van der Waals surface area contributed by atoms with Gasteiger partial charge < -0.3 is 15.7 Å². The van der Waals surface area contributed by atoms with Crippen molar-refractivity contribution in [2.75, 3.05) is 6.54 Å². The van der Waals surface area contributed by atoms with E-state index in [0.717, 1.165) is 20.8 Å². The quantitative estimate of drug-likeness (QED) is 0.271. The van der Waals surface area contributed by atoms with Gasteiger partial charge in [-0.2, -0.15) is 0 Å². The minimum Gasteiger partial charge on any atom is -0.390 e. The lowest BCUT2D eigenvalue weighted by atomic mass is 9.99. The second-order valence-corrected chi connectivity index (χ2v) is 10.3. The molecule has 2 atom stereocenters. The van der Waals surface area contributed by atoms with Crippen LogP contribution in [0.4, 0.5) is 8.78 Å². The Balaban J connectivity index is 1.66. The van der Waals surface area contributed by atoms with Crippen molar-refractivity contribution in [3.63, 3.8) is 0 Å². The summed E-state index contributed by atoms with van der Waals surface area (Å²) in [5, 5.41) is 17.0. The number of aliphatic hydroxyl groups is 1. The second-order valence-electron chi connectivity index (χ2n) is 9.06. The molecule has 0 bridgehead atoms. The van der Waals surface area contributed by atoms with Crippen LogP contribution in [0.5, 0.6) is 0 Å². The van der Waals surface area contributed by atoms with E-state index in [4.69, 9.17) is 0 Å². The fourth-order valence-corrected chi connectivity index (χ4v) is 4.49. The summed E-state index contributed by atoms with van der Waals surface area (Å²) in [4.78, 5) is 12.8. The standard InChI is InChI=1S/C28H31F2IN2O2/c1-18(2)22-8-6-19(7-9-22)14-28(35)33-26(13-21-10-23(29)15-24(30)11-21)27(34)17-32-16-20-4-3-5-25(31)12-20/h3-12,15,18,26-27,32,34H,13-14,16-17H2,1-2H3,(H,33,35). The molecule has 0 aliphatic heterocycles. The number of carbonyl (C=O) groups excluding carboxylic acids is 1. The van der Waals surface area contributed by atoms with Crippen molar-refractivity contribution < 1.29 is 18.7 Å². The van der Waals surface area contributed by atoms with Gasteiger partial charge in [0.1, 0.15) is 11.6 Å². The molecule has 3 rings (SSSR count). The normalized spacial score (nSPS) is 13.0. The number of amides is 1. The summed E-state index contributed by atoms with van der Waals surface area (Å²) in [6.45, 7) is 4.97. The third-order valence-electron chi connectivity index (χ3n) is 5.77. The molecule has 0 aliphatic carbocycles. The molecule has 0 radical (unpaired) electrons. The van der Waals surface area contributed by atoms with Gasteiger partial charge in [-0.1, -0.05) is 50.2 Å². The van der Waals surface area contributed by atoms with Gasteiger partial charge in [-0.25, -0.2) is 8.78 Å². The highest BCUT2D eigenvalue weighted by Gasteiger charge is 2.22. The molecule has 4 nitrogen and oxygen atoms in total. The zero-order chi connectivity index (χ0) is 25.4. The highest BCUT2D eigenvalue weighted by Crippen LogP contribution is 2.16. The molecule has 0 aliphatic rings. The van der Waals surface area contributed by atoms with Crippen LogP contribution in [0.1, 0.15) is 42.0 Å². The minimum atomic E-state index is -0.962. The van der Waals surface area contributed by atoms with Crippen LogP contribution in [0.3, 0.4) is 0 Å². The van der Waals surface area contributed by atoms with Crippen LogP contribution in [-0.4, -0.2) is 29.7 Å². The fourth-order valence-electron chi connectivity index (χ4n) is 3.88. The minimum absolute atomic E-state index is 0.0960. The molecule has 0 aromatic heterocycles. The fraction of sp³-hybridized carbons (Fsp3) is 0.321. The van der Waals surface area contributed by atoms with Gasteiger partial charge in [0.25, 0.3) is 0 Å². The lowest BCUT2D eigenvalue weighted by molar-refractivity contribution is -0.122. The predicted molar refractivity (Wildman–Crippen MR) is 143 cm³/mol. The summed E-state index contributed by atoms with van der Waals surface area (Å²) in [5.41, 5.74) is 3.48. The Morgan fingerprint density at radius 1 is 0.943 bits per heavy atom. The van der Waals surface area contributed by atoms with E-state index < -0.39 is 23.8 Å². The van der Waals surface area contributed by atoms with E-state index in [-0.39, 0.29) is 25.3 Å². The van der Waals surface area contributed by atoms with Crippen molar-refractivity contribution in [3.8, 4) is 0 Å². The molecular formula is C28H31F2IN2O2. The van der Waals surface area contributed by atoms with Gasteiger partial charge in [0.05, 0.1) is 18.6 Å². The zero-order valence-corrected chi connectivity index (χ0v) is 22.1.